The van der Waals surface area contributed by atoms with Crippen molar-refractivity contribution in [3.63, 3.8) is 0 Å². The van der Waals surface area contributed by atoms with Crippen LogP contribution in [0.5, 0.6) is 0 Å². The number of nitrogens with two attached hydrogens (primary N) is 1. The number of nitrogen functional groups attached to an aromatic ring is 1. The first kappa shape index (κ1) is 14.5. The maximum Gasteiger partial charge on any atom is 0.257 e. The molecule has 0 aliphatic rings. The molecule has 104 valence electrons. The van der Waals surface area contributed by atoms with Gasteiger partial charge in [0.1, 0.15) is 0 Å². The lowest BCUT2D eigenvalue weighted by Gasteiger charge is -2.03. The van der Waals surface area contributed by atoms with E-state index in [0.717, 1.165) is 9.90 Å². The number of thiazole rings is 1. The van der Waals surface area contributed by atoms with Gasteiger partial charge in [-0.2, -0.15) is 0 Å². The summed E-state index contributed by atoms with van der Waals surface area (Å²) in [6, 6.07) is 8.62. The van der Waals surface area contributed by atoms with Gasteiger partial charge in [-0.05, 0) is 19.1 Å². The maximum absolute atomic E-state index is 11.8. The van der Waals surface area contributed by atoms with E-state index in [9.17, 15) is 9.59 Å². The molecule has 0 saturated heterocycles. The number of carbonyl (C=O) groups is 2. The van der Waals surface area contributed by atoms with Crippen LogP contribution in [-0.4, -0.2) is 22.6 Å². The molecular weight excluding hydrogens is 294 g/mol. The number of aryl methyl sites for hydroxylation is 1. The van der Waals surface area contributed by atoms with E-state index in [-0.39, 0.29) is 11.7 Å². The Labute approximate surface area is 124 Å². The van der Waals surface area contributed by atoms with E-state index in [4.69, 9.17) is 5.73 Å². The van der Waals surface area contributed by atoms with Crippen molar-refractivity contribution < 1.29 is 9.59 Å². The Kier molecular flexibility index (Phi) is 4.75. The average Bonchev–Trinajstić information content (AvgIpc) is 2.75. The zero-order valence-electron chi connectivity index (χ0n) is 10.8. The molecule has 7 heteroatoms. The van der Waals surface area contributed by atoms with Gasteiger partial charge in [0.15, 0.2) is 5.13 Å². The highest BCUT2D eigenvalue weighted by molar-refractivity contribution is 8.01. The highest BCUT2D eigenvalue weighted by atomic mass is 32.2. The largest absolute Gasteiger partial charge is 0.375 e. The normalized spacial score (nSPS) is 10.2. The minimum absolute atomic E-state index is 0.154. The van der Waals surface area contributed by atoms with Crippen LogP contribution in [0.3, 0.4) is 0 Å². The van der Waals surface area contributed by atoms with E-state index in [1.54, 1.807) is 24.3 Å². The van der Waals surface area contributed by atoms with Crippen LogP contribution in [-0.2, 0) is 4.79 Å². The first-order valence-corrected chi connectivity index (χ1v) is 7.61. The molecule has 2 aromatic rings. The molecule has 0 atom stereocenters. The van der Waals surface area contributed by atoms with Gasteiger partial charge in [-0.1, -0.05) is 29.5 Å². The average molecular weight is 307 g/mol. The van der Waals surface area contributed by atoms with Gasteiger partial charge in [-0.25, -0.2) is 4.98 Å². The number of aromatic nitrogens is 1. The molecule has 0 fully saturated rings. The lowest BCUT2D eigenvalue weighted by Crippen LogP contribution is -2.31. The molecule has 5 nitrogen and oxygen atoms in total. The summed E-state index contributed by atoms with van der Waals surface area (Å²) in [6.45, 7) is 1.84. The molecule has 1 aromatic heterocycles. The summed E-state index contributed by atoms with van der Waals surface area (Å²) in [5.74, 6) is -0.576. The number of amides is 2. The van der Waals surface area contributed by atoms with E-state index < -0.39 is 5.91 Å². The molecule has 1 heterocycles. The molecule has 20 heavy (non-hydrogen) atoms. The molecule has 0 spiro atoms. The number of benzene rings is 1. The van der Waals surface area contributed by atoms with Crippen LogP contribution >= 0.6 is 23.1 Å². The Morgan fingerprint density at radius 2 is 2.05 bits per heavy atom. The summed E-state index contributed by atoms with van der Waals surface area (Å²) in [5, 5.41) is 2.82. The van der Waals surface area contributed by atoms with Crippen LogP contribution in [0.4, 0.5) is 5.13 Å². The number of carbonyl (C=O) groups excluding carboxylic acids is 2. The van der Waals surface area contributed by atoms with Gasteiger partial charge in [0.25, 0.3) is 5.91 Å². The van der Waals surface area contributed by atoms with Gasteiger partial charge in [0.05, 0.1) is 15.7 Å². The summed E-state index contributed by atoms with van der Waals surface area (Å²) in [4.78, 5) is 27.6. The molecule has 0 radical (unpaired) electrons. The van der Waals surface area contributed by atoms with Crippen LogP contribution in [0.25, 0.3) is 0 Å². The summed E-state index contributed by atoms with van der Waals surface area (Å²) < 4.78 is 0.893. The zero-order valence-corrected chi connectivity index (χ0v) is 12.4. The van der Waals surface area contributed by atoms with Crippen LogP contribution in [0, 0.1) is 6.92 Å². The van der Waals surface area contributed by atoms with Gasteiger partial charge in [0, 0.05) is 5.56 Å². The molecule has 3 N–H and O–H groups in total. The third-order valence-corrected chi connectivity index (χ3v) is 4.74. The Morgan fingerprint density at radius 3 is 2.65 bits per heavy atom. The minimum Gasteiger partial charge on any atom is -0.375 e. The predicted molar refractivity (Wildman–Crippen MR) is 80.9 cm³/mol. The number of nitrogens with zero attached hydrogens (tertiary/aromatic N) is 1. The Bertz CT molecular complexity index is 626. The number of imide groups is 1. The lowest BCUT2D eigenvalue weighted by molar-refractivity contribution is -0.117. The first-order chi connectivity index (χ1) is 9.56. The highest BCUT2D eigenvalue weighted by Gasteiger charge is 2.12. The predicted octanol–water partition coefficient (Wildman–Crippen LogP) is 2.08. The molecule has 2 amide bonds. The second-order valence-corrected chi connectivity index (χ2v) is 6.23. The number of hydrogen-bond donors (Lipinski definition) is 2. The highest BCUT2D eigenvalue weighted by Crippen LogP contribution is 2.30. The standard InChI is InChI=1S/C13H13N3O2S2/c1-8-12(20-13(14)15-8)19-7-10(17)16-11(18)9-5-3-2-4-6-9/h2-6H,7H2,1H3,(H2,14,15)(H,16,17,18). The third-order valence-electron chi connectivity index (χ3n) is 2.39. The van der Waals surface area contributed by atoms with Crippen molar-refractivity contribution in [3.05, 3.63) is 41.6 Å². The molecule has 2 rings (SSSR count). The second-order valence-electron chi connectivity index (χ2n) is 3.96. The molecule has 1 aromatic carbocycles. The molecule has 0 unspecified atom stereocenters. The molecule has 0 aliphatic heterocycles. The number of anilines is 1. The van der Waals surface area contributed by atoms with Crippen LogP contribution in [0.1, 0.15) is 16.1 Å². The summed E-state index contributed by atoms with van der Waals surface area (Å²) in [6.07, 6.45) is 0. The fourth-order valence-corrected chi connectivity index (χ4v) is 3.32. The van der Waals surface area contributed by atoms with Crippen molar-refractivity contribution in [3.8, 4) is 0 Å². The van der Waals surface area contributed by atoms with Gasteiger partial charge in [-0.3, -0.25) is 14.9 Å². The van der Waals surface area contributed by atoms with Gasteiger partial charge in [-0.15, -0.1) is 11.8 Å². The SMILES string of the molecule is Cc1nc(N)sc1SCC(=O)NC(=O)c1ccccc1. The fraction of sp³-hybridized carbons (Fsp3) is 0.154. The van der Waals surface area contributed by atoms with Crippen molar-refractivity contribution in [2.75, 3.05) is 11.5 Å². The van der Waals surface area contributed by atoms with Crippen LogP contribution in [0.2, 0.25) is 0 Å². The van der Waals surface area contributed by atoms with Crippen molar-refractivity contribution in [1.82, 2.24) is 10.3 Å². The van der Waals surface area contributed by atoms with Crippen molar-refractivity contribution in [2.45, 2.75) is 11.1 Å². The van der Waals surface area contributed by atoms with Crippen LogP contribution < -0.4 is 11.1 Å². The zero-order chi connectivity index (χ0) is 14.5. The van der Waals surface area contributed by atoms with Gasteiger partial charge < -0.3 is 5.73 Å². The van der Waals surface area contributed by atoms with Crippen molar-refractivity contribution in [2.24, 2.45) is 0 Å². The maximum atomic E-state index is 11.8. The Balaban J connectivity index is 1.87. The molecular formula is C13H13N3O2S2. The summed E-state index contributed by atoms with van der Waals surface area (Å²) >= 11 is 2.66. The van der Waals surface area contributed by atoms with E-state index in [1.807, 2.05) is 13.0 Å². The number of nitrogens with one attached hydrogen (secondary N) is 1. The third kappa shape index (κ3) is 3.82. The van der Waals surface area contributed by atoms with Crippen molar-refractivity contribution >= 4 is 40.0 Å². The van der Waals surface area contributed by atoms with E-state index >= 15 is 0 Å². The smallest absolute Gasteiger partial charge is 0.257 e. The molecule has 0 saturated carbocycles. The molecule has 0 aliphatic carbocycles. The Morgan fingerprint density at radius 1 is 1.35 bits per heavy atom. The number of thioether (sulfide) groups is 1. The van der Waals surface area contributed by atoms with Gasteiger partial charge in [0.2, 0.25) is 5.91 Å². The quantitative estimate of drug-likeness (QED) is 0.845. The second kappa shape index (κ2) is 6.53. The van der Waals surface area contributed by atoms with Gasteiger partial charge >= 0.3 is 0 Å². The van der Waals surface area contributed by atoms with E-state index in [0.29, 0.717) is 10.7 Å². The van der Waals surface area contributed by atoms with E-state index in [1.165, 1.54) is 23.1 Å². The molecule has 0 bridgehead atoms. The van der Waals surface area contributed by atoms with Crippen molar-refractivity contribution in [1.29, 1.82) is 0 Å². The lowest BCUT2D eigenvalue weighted by atomic mass is 10.2. The number of rotatable bonds is 4. The summed E-state index contributed by atoms with van der Waals surface area (Å²) in [5.41, 5.74) is 6.85. The first-order valence-electron chi connectivity index (χ1n) is 5.81. The van der Waals surface area contributed by atoms with Crippen LogP contribution in [0.15, 0.2) is 34.5 Å². The topological polar surface area (TPSA) is 85.1 Å². The minimum atomic E-state index is -0.392. The Hall–Kier alpha value is -1.86. The number of hydrogen-bond acceptors (Lipinski definition) is 6. The van der Waals surface area contributed by atoms with E-state index in [2.05, 4.69) is 10.3 Å². The fourth-order valence-electron chi connectivity index (χ4n) is 1.49. The monoisotopic (exact) mass is 307 g/mol. The summed E-state index contributed by atoms with van der Waals surface area (Å²) in [7, 11) is 0.